The van der Waals surface area contributed by atoms with E-state index in [1.54, 1.807) is 18.2 Å². The minimum Gasteiger partial charge on any atom is -0.452 e. The first-order valence-electron chi connectivity index (χ1n) is 11.3. The average molecular weight is 456 g/mol. The van der Waals surface area contributed by atoms with Crippen molar-refractivity contribution < 1.29 is 19.1 Å². The number of carbonyl (C=O) groups is 3. The molecule has 1 aromatic carbocycles. The van der Waals surface area contributed by atoms with Gasteiger partial charge < -0.3 is 15.4 Å². The van der Waals surface area contributed by atoms with E-state index in [2.05, 4.69) is 10.6 Å². The van der Waals surface area contributed by atoms with E-state index in [1.807, 2.05) is 12.1 Å². The zero-order chi connectivity index (χ0) is 22.6. The number of benzene rings is 1. The predicted octanol–water partition coefficient (Wildman–Crippen LogP) is 3.05. The quantitative estimate of drug-likeness (QED) is 0.337. The van der Waals surface area contributed by atoms with Crippen LogP contribution >= 0.6 is 11.8 Å². The number of thioether (sulfide) groups is 1. The number of carbonyl (C=O) groups excluding carboxylic acids is 3. The highest BCUT2D eigenvalue weighted by atomic mass is 32.2. The molecule has 0 saturated heterocycles. The molecule has 5 rings (SSSR count). The Hall–Kier alpha value is -2.53. The fourth-order valence-electron chi connectivity index (χ4n) is 6.02. The monoisotopic (exact) mass is 455 g/mol. The number of amides is 2. The largest absolute Gasteiger partial charge is 0.452 e. The van der Waals surface area contributed by atoms with Crippen molar-refractivity contribution in [3.05, 3.63) is 29.8 Å². The summed E-state index contributed by atoms with van der Waals surface area (Å²) in [5.74, 6) is 1.49. The lowest BCUT2D eigenvalue weighted by Gasteiger charge is -2.56. The van der Waals surface area contributed by atoms with Crippen molar-refractivity contribution in [3.63, 3.8) is 0 Å². The molecule has 2 amide bonds. The first-order chi connectivity index (χ1) is 15.5. The number of nitrogens with one attached hydrogen (secondary N) is 2. The van der Waals surface area contributed by atoms with E-state index in [0.717, 1.165) is 37.0 Å². The van der Waals surface area contributed by atoms with Crippen LogP contribution < -0.4 is 10.6 Å². The lowest BCUT2D eigenvalue weighted by molar-refractivity contribution is -0.125. The second-order valence-electron chi connectivity index (χ2n) is 9.37. The van der Waals surface area contributed by atoms with E-state index in [9.17, 15) is 14.4 Å². The Bertz CT molecular complexity index is 891. The van der Waals surface area contributed by atoms with E-state index in [-0.39, 0.29) is 30.2 Å². The van der Waals surface area contributed by atoms with Crippen LogP contribution in [0.5, 0.6) is 0 Å². The van der Waals surface area contributed by atoms with Crippen LogP contribution in [-0.2, 0) is 14.3 Å². The molecule has 4 bridgehead atoms. The van der Waals surface area contributed by atoms with Crippen molar-refractivity contribution in [2.45, 2.75) is 55.4 Å². The fraction of sp³-hybridized carbons (Fsp3) is 0.583. The maximum atomic E-state index is 12.8. The Balaban J connectivity index is 1.28. The van der Waals surface area contributed by atoms with Crippen LogP contribution in [0.25, 0.3) is 0 Å². The summed E-state index contributed by atoms with van der Waals surface area (Å²) in [7, 11) is 0. The van der Waals surface area contributed by atoms with Crippen molar-refractivity contribution in [1.29, 1.82) is 5.26 Å². The molecule has 4 aliphatic carbocycles. The predicted molar refractivity (Wildman–Crippen MR) is 120 cm³/mol. The maximum absolute atomic E-state index is 12.8. The number of ether oxygens (including phenoxy) is 1. The van der Waals surface area contributed by atoms with Crippen LogP contribution in [0.15, 0.2) is 29.2 Å². The maximum Gasteiger partial charge on any atom is 0.339 e. The van der Waals surface area contributed by atoms with Crippen molar-refractivity contribution in [3.8, 4) is 6.07 Å². The molecule has 0 heterocycles. The third-order valence-electron chi connectivity index (χ3n) is 6.80. The number of esters is 1. The minimum absolute atomic E-state index is 0.0111. The zero-order valence-corrected chi connectivity index (χ0v) is 18.9. The van der Waals surface area contributed by atoms with Gasteiger partial charge in [0.2, 0.25) is 5.91 Å². The number of nitriles is 1. The van der Waals surface area contributed by atoms with E-state index in [4.69, 9.17) is 10.00 Å². The highest BCUT2D eigenvalue weighted by Crippen LogP contribution is 2.55. The van der Waals surface area contributed by atoms with Crippen molar-refractivity contribution in [2.75, 3.05) is 18.9 Å². The van der Waals surface area contributed by atoms with E-state index < -0.39 is 18.5 Å². The van der Waals surface area contributed by atoms with Gasteiger partial charge in [-0.05, 0) is 68.4 Å². The molecule has 8 heteroatoms. The summed E-state index contributed by atoms with van der Waals surface area (Å²) in [6.07, 6.45) is 7.50. The summed E-state index contributed by atoms with van der Waals surface area (Å²) in [6, 6.07) is 8.88. The molecule has 0 unspecified atom stereocenters. The van der Waals surface area contributed by atoms with Gasteiger partial charge in [0.25, 0.3) is 5.91 Å². The molecule has 4 aliphatic rings. The third-order valence-corrected chi connectivity index (χ3v) is 7.88. The summed E-state index contributed by atoms with van der Waals surface area (Å²) in [4.78, 5) is 37.6. The first kappa shape index (κ1) is 22.7. The van der Waals surface area contributed by atoms with Gasteiger partial charge in [-0.2, -0.15) is 5.26 Å². The van der Waals surface area contributed by atoms with Crippen LogP contribution in [0, 0.1) is 29.1 Å². The molecular weight excluding hydrogens is 426 g/mol. The van der Waals surface area contributed by atoms with Crippen LogP contribution in [0.2, 0.25) is 0 Å². The van der Waals surface area contributed by atoms with Gasteiger partial charge in [0, 0.05) is 17.0 Å². The molecule has 0 radical (unpaired) electrons. The Morgan fingerprint density at radius 2 is 1.72 bits per heavy atom. The standard InChI is InChI=1S/C24H29N3O4S/c25-6-3-7-26-21(28)14-31-23(30)19-4-1-2-5-20(19)32-15-22(29)27-24-11-16-8-17(12-24)10-18(9-16)13-24/h1-2,4-5,16-18H,3,7-15H2,(H,26,28)(H,27,29). The second kappa shape index (κ2) is 9.95. The topological polar surface area (TPSA) is 108 Å². The molecule has 32 heavy (non-hydrogen) atoms. The zero-order valence-electron chi connectivity index (χ0n) is 18.1. The van der Waals surface area contributed by atoms with E-state index in [1.165, 1.54) is 31.0 Å². The third kappa shape index (κ3) is 5.44. The van der Waals surface area contributed by atoms with Gasteiger partial charge in [-0.3, -0.25) is 9.59 Å². The highest BCUT2D eigenvalue weighted by Gasteiger charge is 2.51. The highest BCUT2D eigenvalue weighted by molar-refractivity contribution is 8.00. The molecule has 0 aliphatic heterocycles. The van der Waals surface area contributed by atoms with Gasteiger partial charge in [-0.25, -0.2) is 4.79 Å². The number of hydrogen-bond acceptors (Lipinski definition) is 6. The van der Waals surface area contributed by atoms with E-state index >= 15 is 0 Å². The van der Waals surface area contributed by atoms with Crippen molar-refractivity contribution in [1.82, 2.24) is 10.6 Å². The Morgan fingerprint density at radius 3 is 2.38 bits per heavy atom. The van der Waals surface area contributed by atoms with Crippen LogP contribution in [0.1, 0.15) is 55.3 Å². The molecule has 0 atom stereocenters. The summed E-state index contributed by atoms with van der Waals surface area (Å²) >= 11 is 1.31. The van der Waals surface area contributed by atoms with E-state index in [0.29, 0.717) is 10.5 Å². The first-order valence-corrected chi connectivity index (χ1v) is 12.3. The summed E-state index contributed by atoms with van der Waals surface area (Å²) in [6.45, 7) is -0.187. The lowest BCUT2D eigenvalue weighted by Crippen LogP contribution is -2.60. The molecule has 0 spiro atoms. The average Bonchev–Trinajstić information content (AvgIpc) is 2.75. The van der Waals surface area contributed by atoms with Crippen LogP contribution in [0.3, 0.4) is 0 Å². The van der Waals surface area contributed by atoms with Gasteiger partial charge in [0.05, 0.1) is 23.8 Å². The summed E-state index contributed by atoms with van der Waals surface area (Å²) in [5, 5.41) is 14.4. The normalized spacial score (nSPS) is 27.4. The SMILES string of the molecule is N#CCCNC(=O)COC(=O)c1ccccc1SCC(=O)NC12CC3CC(CC(C3)C1)C2. The number of nitrogens with zero attached hydrogens (tertiary/aromatic N) is 1. The molecule has 170 valence electrons. The van der Waals surface area contributed by atoms with Gasteiger partial charge >= 0.3 is 5.97 Å². The number of rotatable bonds is 9. The molecule has 4 fully saturated rings. The lowest BCUT2D eigenvalue weighted by atomic mass is 9.53. The molecule has 2 N–H and O–H groups in total. The van der Waals surface area contributed by atoms with Gasteiger partial charge in [-0.1, -0.05) is 12.1 Å². The Labute approximate surface area is 192 Å². The van der Waals surface area contributed by atoms with Gasteiger partial charge in [0.1, 0.15) is 0 Å². The molecule has 1 aromatic rings. The Morgan fingerprint density at radius 1 is 1.06 bits per heavy atom. The van der Waals surface area contributed by atoms with Crippen molar-refractivity contribution in [2.24, 2.45) is 17.8 Å². The Kier molecular flexibility index (Phi) is 7.04. The smallest absolute Gasteiger partial charge is 0.339 e. The molecule has 4 saturated carbocycles. The van der Waals surface area contributed by atoms with Gasteiger partial charge in [0.15, 0.2) is 6.61 Å². The van der Waals surface area contributed by atoms with Crippen LogP contribution in [0.4, 0.5) is 0 Å². The molecular formula is C24H29N3O4S. The van der Waals surface area contributed by atoms with Gasteiger partial charge in [-0.15, -0.1) is 11.8 Å². The summed E-state index contributed by atoms with van der Waals surface area (Å²) < 4.78 is 5.11. The number of hydrogen-bond donors (Lipinski definition) is 2. The second-order valence-corrected chi connectivity index (χ2v) is 10.4. The molecule has 0 aromatic heterocycles. The minimum atomic E-state index is -0.606. The summed E-state index contributed by atoms with van der Waals surface area (Å²) in [5.41, 5.74) is 0.314. The fourth-order valence-corrected chi connectivity index (χ4v) is 6.86. The van der Waals surface area contributed by atoms with Crippen LogP contribution in [-0.4, -0.2) is 42.2 Å². The molecule has 7 nitrogen and oxygen atoms in total. The van der Waals surface area contributed by atoms with Crippen molar-refractivity contribution >= 4 is 29.5 Å².